The first kappa shape index (κ1) is 14.2. The minimum Gasteiger partial charge on any atom is -0.306 e. The summed E-state index contributed by atoms with van der Waals surface area (Å²) in [6, 6.07) is 3.71. The van der Waals surface area contributed by atoms with Gasteiger partial charge >= 0.3 is 6.03 Å². The number of hydrogen-bond donors (Lipinski definition) is 2. The maximum atomic E-state index is 13.0. The lowest BCUT2D eigenvalue weighted by molar-refractivity contribution is 0.252. The van der Waals surface area contributed by atoms with E-state index >= 15 is 0 Å². The highest BCUT2D eigenvalue weighted by Gasteiger charge is 2.07. The number of carbonyl (C=O) groups is 1. The number of rotatable bonds is 2. The number of nitrogens with one attached hydrogen (secondary N) is 2. The molecule has 0 atom stereocenters. The van der Waals surface area contributed by atoms with Gasteiger partial charge in [0.05, 0.1) is 0 Å². The second-order valence-electron chi connectivity index (χ2n) is 5.15. The third kappa shape index (κ3) is 4.95. The van der Waals surface area contributed by atoms with E-state index in [1.54, 1.807) is 19.2 Å². The zero-order valence-electron chi connectivity index (χ0n) is 11.0. The van der Waals surface area contributed by atoms with Crippen molar-refractivity contribution in [1.29, 1.82) is 0 Å². The third-order valence-corrected chi connectivity index (χ3v) is 2.07. The number of aryl methyl sites for hydroxylation is 1. The lowest BCUT2D eigenvalue weighted by Gasteiger charge is -2.11. The molecular formula is C13H18FN3O. The normalized spacial score (nSPS) is 11.6. The van der Waals surface area contributed by atoms with Crippen LogP contribution >= 0.6 is 0 Å². The molecular weight excluding hydrogens is 233 g/mol. The van der Waals surface area contributed by atoms with Gasteiger partial charge in [-0.1, -0.05) is 26.8 Å². The molecule has 1 aromatic rings. The first-order valence-corrected chi connectivity index (χ1v) is 5.65. The molecule has 0 spiro atoms. The van der Waals surface area contributed by atoms with Gasteiger partial charge in [-0.25, -0.2) is 14.6 Å². The Balaban J connectivity index is 2.60. The quantitative estimate of drug-likeness (QED) is 0.615. The fraction of sp³-hybridized carbons (Fsp3) is 0.385. The Bertz CT molecular complexity index is 464. The van der Waals surface area contributed by atoms with Crippen molar-refractivity contribution in [2.75, 3.05) is 5.32 Å². The molecule has 0 aliphatic carbocycles. The summed E-state index contributed by atoms with van der Waals surface area (Å²) in [6.07, 6.45) is 1.63. The number of carbonyl (C=O) groups excluding carboxylic acids is 1. The van der Waals surface area contributed by atoms with E-state index in [0.29, 0.717) is 5.69 Å². The lowest BCUT2D eigenvalue weighted by Crippen LogP contribution is -2.25. The summed E-state index contributed by atoms with van der Waals surface area (Å²) in [6.45, 7) is 7.68. The van der Waals surface area contributed by atoms with Gasteiger partial charge in [0.2, 0.25) is 0 Å². The van der Waals surface area contributed by atoms with Gasteiger partial charge in [0.25, 0.3) is 0 Å². The van der Waals surface area contributed by atoms with Crippen molar-refractivity contribution in [3.05, 3.63) is 29.6 Å². The number of urea groups is 1. The minimum absolute atomic E-state index is 0.109. The van der Waals surface area contributed by atoms with Crippen molar-refractivity contribution in [2.24, 2.45) is 10.5 Å². The van der Waals surface area contributed by atoms with E-state index in [4.69, 9.17) is 0 Å². The summed E-state index contributed by atoms with van der Waals surface area (Å²) in [4.78, 5) is 11.5. The molecule has 1 rings (SSSR count). The second-order valence-corrected chi connectivity index (χ2v) is 5.15. The van der Waals surface area contributed by atoms with Gasteiger partial charge in [-0.15, -0.1) is 0 Å². The fourth-order valence-corrected chi connectivity index (χ4v) is 1.16. The molecule has 98 valence electrons. The first-order chi connectivity index (χ1) is 8.28. The van der Waals surface area contributed by atoms with Crippen LogP contribution in [0.1, 0.15) is 26.3 Å². The first-order valence-electron chi connectivity index (χ1n) is 5.65. The van der Waals surface area contributed by atoms with Crippen LogP contribution in [0.3, 0.4) is 0 Å². The number of nitrogens with zero attached hydrogens (tertiary/aromatic N) is 1. The molecule has 0 radical (unpaired) electrons. The van der Waals surface area contributed by atoms with E-state index in [0.717, 1.165) is 5.56 Å². The van der Waals surface area contributed by atoms with E-state index in [9.17, 15) is 9.18 Å². The molecule has 0 aliphatic rings. The lowest BCUT2D eigenvalue weighted by atomic mass is 9.99. The topological polar surface area (TPSA) is 53.5 Å². The molecule has 0 saturated heterocycles. The number of amides is 2. The monoisotopic (exact) mass is 251 g/mol. The van der Waals surface area contributed by atoms with Crippen LogP contribution in [-0.2, 0) is 0 Å². The van der Waals surface area contributed by atoms with Gasteiger partial charge < -0.3 is 5.32 Å². The number of benzene rings is 1. The molecule has 0 heterocycles. The van der Waals surface area contributed by atoms with Crippen molar-refractivity contribution in [2.45, 2.75) is 27.7 Å². The van der Waals surface area contributed by atoms with Gasteiger partial charge in [-0.3, -0.25) is 0 Å². The van der Waals surface area contributed by atoms with E-state index in [1.165, 1.54) is 12.1 Å². The largest absolute Gasteiger partial charge is 0.339 e. The average molecular weight is 251 g/mol. The molecule has 18 heavy (non-hydrogen) atoms. The van der Waals surface area contributed by atoms with Crippen molar-refractivity contribution >= 4 is 17.9 Å². The van der Waals surface area contributed by atoms with Crippen molar-refractivity contribution in [3.8, 4) is 0 Å². The summed E-state index contributed by atoms with van der Waals surface area (Å²) in [5, 5.41) is 6.34. The van der Waals surface area contributed by atoms with Gasteiger partial charge in [-0.2, -0.15) is 5.10 Å². The molecule has 1 aromatic carbocycles. The molecule has 0 unspecified atom stereocenters. The molecule has 0 aromatic heterocycles. The highest BCUT2D eigenvalue weighted by molar-refractivity contribution is 5.90. The summed E-state index contributed by atoms with van der Waals surface area (Å²) in [5.74, 6) is -0.394. The highest BCUT2D eigenvalue weighted by Crippen LogP contribution is 2.15. The second kappa shape index (κ2) is 5.62. The Hall–Kier alpha value is -1.91. The zero-order chi connectivity index (χ0) is 13.8. The van der Waals surface area contributed by atoms with Crippen LogP contribution in [0.2, 0.25) is 0 Å². The molecule has 2 amide bonds. The number of anilines is 1. The maximum Gasteiger partial charge on any atom is 0.339 e. The molecule has 0 fully saturated rings. The predicted molar refractivity (Wildman–Crippen MR) is 71.2 cm³/mol. The van der Waals surface area contributed by atoms with Crippen molar-refractivity contribution < 1.29 is 9.18 Å². The van der Waals surface area contributed by atoms with Crippen LogP contribution in [0.5, 0.6) is 0 Å². The predicted octanol–water partition coefficient (Wildman–Crippen LogP) is 3.29. The minimum atomic E-state index is -0.496. The molecule has 0 aliphatic heterocycles. The van der Waals surface area contributed by atoms with E-state index in [1.807, 2.05) is 20.8 Å². The summed E-state index contributed by atoms with van der Waals surface area (Å²) >= 11 is 0. The fourth-order valence-electron chi connectivity index (χ4n) is 1.16. The molecule has 0 bridgehead atoms. The molecule has 5 heteroatoms. The SMILES string of the molecule is Cc1ccc(F)cc1NC(=O)N/N=C/C(C)(C)C. The van der Waals surface area contributed by atoms with Gasteiger partial charge in [-0.05, 0) is 30.0 Å². The van der Waals surface area contributed by atoms with E-state index in [2.05, 4.69) is 15.8 Å². The van der Waals surface area contributed by atoms with Gasteiger partial charge in [0.1, 0.15) is 5.82 Å². The Morgan fingerprint density at radius 3 is 2.67 bits per heavy atom. The van der Waals surface area contributed by atoms with Gasteiger partial charge in [0, 0.05) is 11.9 Å². The Kier molecular flexibility index (Phi) is 4.42. The molecule has 2 N–H and O–H groups in total. The number of hydrazone groups is 1. The zero-order valence-corrected chi connectivity index (χ0v) is 11.0. The molecule has 4 nitrogen and oxygen atoms in total. The van der Waals surface area contributed by atoms with Crippen LogP contribution in [-0.4, -0.2) is 12.2 Å². The maximum absolute atomic E-state index is 13.0. The Morgan fingerprint density at radius 1 is 1.39 bits per heavy atom. The highest BCUT2D eigenvalue weighted by atomic mass is 19.1. The molecule has 0 saturated carbocycles. The van der Waals surface area contributed by atoms with E-state index < -0.39 is 11.8 Å². The van der Waals surface area contributed by atoms with Crippen LogP contribution < -0.4 is 10.7 Å². The number of halogens is 1. The Morgan fingerprint density at radius 2 is 2.06 bits per heavy atom. The van der Waals surface area contributed by atoms with Crippen molar-refractivity contribution in [3.63, 3.8) is 0 Å². The van der Waals surface area contributed by atoms with Crippen LogP contribution in [0.4, 0.5) is 14.9 Å². The standard InChI is InChI=1S/C13H18FN3O/c1-9-5-6-10(14)7-11(9)16-12(18)17-15-8-13(2,3)4/h5-8H,1-4H3,(H2,16,17,18)/b15-8+. The van der Waals surface area contributed by atoms with Crippen molar-refractivity contribution in [1.82, 2.24) is 5.43 Å². The van der Waals surface area contributed by atoms with E-state index in [-0.39, 0.29) is 5.41 Å². The summed E-state index contributed by atoms with van der Waals surface area (Å²) in [5.41, 5.74) is 3.44. The average Bonchev–Trinajstić information content (AvgIpc) is 2.21. The van der Waals surface area contributed by atoms with Crippen LogP contribution in [0.15, 0.2) is 23.3 Å². The van der Waals surface area contributed by atoms with Gasteiger partial charge in [0.15, 0.2) is 0 Å². The van der Waals surface area contributed by atoms with Crippen LogP contribution in [0.25, 0.3) is 0 Å². The smallest absolute Gasteiger partial charge is 0.306 e. The Labute approximate surface area is 106 Å². The third-order valence-electron chi connectivity index (χ3n) is 2.07. The number of hydrogen-bond acceptors (Lipinski definition) is 2. The summed E-state index contributed by atoms with van der Waals surface area (Å²) < 4.78 is 13.0. The summed E-state index contributed by atoms with van der Waals surface area (Å²) in [7, 11) is 0. The van der Waals surface area contributed by atoms with Crippen LogP contribution in [0, 0.1) is 18.2 Å².